The number of hydrogen-bond acceptors (Lipinski definition) is 3. The molecule has 0 saturated heterocycles. The second-order valence-corrected chi connectivity index (χ2v) is 4.60. The number of nitrogens with one attached hydrogen (secondary N) is 1. The second kappa shape index (κ2) is 6.90. The first-order valence-corrected chi connectivity index (χ1v) is 6.56. The van der Waals surface area contributed by atoms with Gasteiger partial charge in [0, 0.05) is 25.5 Å². The molecule has 1 aromatic heterocycles. The van der Waals surface area contributed by atoms with Crippen LogP contribution in [0.25, 0.3) is 0 Å². The molecule has 1 heterocycles. The largest absolute Gasteiger partial charge is 0.492 e. The van der Waals surface area contributed by atoms with Crippen LogP contribution < -0.4 is 10.1 Å². The third kappa shape index (κ3) is 4.07. The van der Waals surface area contributed by atoms with E-state index in [-0.39, 0.29) is 0 Å². The van der Waals surface area contributed by atoms with Gasteiger partial charge < -0.3 is 10.1 Å². The first kappa shape index (κ1) is 13.6. The van der Waals surface area contributed by atoms with Crippen molar-refractivity contribution in [2.75, 3.05) is 13.2 Å². The quantitative estimate of drug-likeness (QED) is 0.807. The third-order valence-corrected chi connectivity index (χ3v) is 3.01. The van der Waals surface area contributed by atoms with Crippen LogP contribution in [0.3, 0.4) is 0 Å². The number of benzene rings is 1. The molecule has 0 atom stereocenters. The van der Waals surface area contributed by atoms with Crippen molar-refractivity contribution in [2.24, 2.45) is 0 Å². The zero-order chi connectivity index (χ0) is 13.5. The zero-order valence-corrected chi connectivity index (χ0v) is 11.5. The van der Waals surface area contributed by atoms with Crippen LogP contribution in [-0.2, 0) is 6.54 Å². The lowest BCUT2D eigenvalue weighted by Gasteiger charge is -2.12. The molecule has 0 fully saturated rings. The Labute approximate surface area is 114 Å². The van der Waals surface area contributed by atoms with Gasteiger partial charge in [0.1, 0.15) is 12.4 Å². The Morgan fingerprint density at radius 1 is 1.05 bits per heavy atom. The molecule has 3 heteroatoms. The summed E-state index contributed by atoms with van der Waals surface area (Å²) in [6.45, 7) is 6.50. The van der Waals surface area contributed by atoms with Gasteiger partial charge in [-0.15, -0.1) is 0 Å². The van der Waals surface area contributed by atoms with E-state index < -0.39 is 0 Å². The van der Waals surface area contributed by atoms with E-state index in [1.165, 1.54) is 16.7 Å². The predicted octanol–water partition coefficient (Wildman–Crippen LogP) is 2.87. The van der Waals surface area contributed by atoms with Crippen LogP contribution >= 0.6 is 0 Å². The number of aryl methyl sites for hydroxylation is 2. The molecule has 0 saturated carbocycles. The number of rotatable bonds is 6. The molecule has 0 unspecified atom stereocenters. The van der Waals surface area contributed by atoms with Crippen molar-refractivity contribution >= 4 is 0 Å². The molecule has 0 bridgehead atoms. The van der Waals surface area contributed by atoms with Gasteiger partial charge in [-0.2, -0.15) is 0 Å². The average Bonchev–Trinajstić information content (AvgIpc) is 2.42. The maximum Gasteiger partial charge on any atom is 0.125 e. The second-order valence-electron chi connectivity index (χ2n) is 4.60. The molecule has 0 spiro atoms. The summed E-state index contributed by atoms with van der Waals surface area (Å²) in [5.74, 6) is 1.01. The lowest BCUT2D eigenvalue weighted by atomic mass is 10.1. The minimum atomic E-state index is 0.677. The van der Waals surface area contributed by atoms with Gasteiger partial charge in [0.25, 0.3) is 0 Å². The molecule has 19 heavy (non-hydrogen) atoms. The fourth-order valence-corrected chi connectivity index (χ4v) is 1.99. The summed E-state index contributed by atoms with van der Waals surface area (Å²) in [6, 6.07) is 10.2. The summed E-state index contributed by atoms with van der Waals surface area (Å²) in [5, 5.41) is 3.36. The summed E-state index contributed by atoms with van der Waals surface area (Å²) in [7, 11) is 0. The van der Waals surface area contributed by atoms with Gasteiger partial charge in [-0.05, 0) is 42.7 Å². The molecular formula is C16H20N2O. The number of hydrogen-bond donors (Lipinski definition) is 1. The smallest absolute Gasteiger partial charge is 0.125 e. The van der Waals surface area contributed by atoms with E-state index in [4.69, 9.17) is 4.74 Å². The normalized spacial score (nSPS) is 10.4. The van der Waals surface area contributed by atoms with E-state index >= 15 is 0 Å². The maximum absolute atomic E-state index is 5.83. The lowest BCUT2D eigenvalue weighted by Crippen LogP contribution is -2.21. The fourth-order valence-electron chi connectivity index (χ4n) is 1.99. The van der Waals surface area contributed by atoms with Gasteiger partial charge in [0.15, 0.2) is 0 Å². The van der Waals surface area contributed by atoms with Crippen LogP contribution in [0.15, 0.2) is 42.7 Å². The Kier molecular flexibility index (Phi) is 4.93. The molecule has 100 valence electrons. The van der Waals surface area contributed by atoms with Crippen molar-refractivity contribution in [1.29, 1.82) is 0 Å². The lowest BCUT2D eigenvalue weighted by molar-refractivity contribution is 0.309. The molecule has 1 N–H and O–H groups in total. The Balaban J connectivity index is 1.73. The van der Waals surface area contributed by atoms with Crippen molar-refractivity contribution in [1.82, 2.24) is 10.3 Å². The topological polar surface area (TPSA) is 34.1 Å². The van der Waals surface area contributed by atoms with Gasteiger partial charge in [0.2, 0.25) is 0 Å². The van der Waals surface area contributed by atoms with Crippen LogP contribution in [-0.4, -0.2) is 18.1 Å². The van der Waals surface area contributed by atoms with Gasteiger partial charge in [-0.3, -0.25) is 4.98 Å². The number of ether oxygens (including phenoxy) is 1. The minimum Gasteiger partial charge on any atom is -0.492 e. The maximum atomic E-state index is 5.83. The van der Waals surface area contributed by atoms with Crippen LogP contribution in [0.5, 0.6) is 5.75 Å². The highest BCUT2D eigenvalue weighted by atomic mass is 16.5. The Hall–Kier alpha value is -1.87. The number of nitrogens with zero attached hydrogens (tertiary/aromatic N) is 1. The molecule has 2 aromatic rings. The van der Waals surface area contributed by atoms with Crippen molar-refractivity contribution in [3.8, 4) is 5.75 Å². The molecule has 0 aliphatic rings. The molecular weight excluding hydrogens is 236 g/mol. The van der Waals surface area contributed by atoms with E-state index in [1.807, 2.05) is 24.5 Å². The van der Waals surface area contributed by atoms with Crippen molar-refractivity contribution < 1.29 is 4.74 Å². The predicted molar refractivity (Wildman–Crippen MR) is 77.4 cm³/mol. The first-order valence-electron chi connectivity index (χ1n) is 6.56. The minimum absolute atomic E-state index is 0.677. The molecule has 2 rings (SSSR count). The summed E-state index contributed by atoms with van der Waals surface area (Å²) in [4.78, 5) is 4.00. The Morgan fingerprint density at radius 2 is 1.74 bits per heavy atom. The molecule has 0 aliphatic heterocycles. The Morgan fingerprint density at radius 3 is 2.42 bits per heavy atom. The van der Waals surface area contributed by atoms with Crippen molar-refractivity contribution in [3.05, 3.63) is 59.4 Å². The van der Waals surface area contributed by atoms with Gasteiger partial charge >= 0.3 is 0 Å². The van der Waals surface area contributed by atoms with Gasteiger partial charge in [-0.25, -0.2) is 0 Å². The monoisotopic (exact) mass is 256 g/mol. The van der Waals surface area contributed by atoms with Crippen molar-refractivity contribution in [2.45, 2.75) is 20.4 Å². The van der Waals surface area contributed by atoms with E-state index in [1.54, 1.807) is 0 Å². The summed E-state index contributed by atoms with van der Waals surface area (Å²) in [5.41, 5.74) is 3.62. The van der Waals surface area contributed by atoms with E-state index in [0.717, 1.165) is 18.8 Å². The highest BCUT2D eigenvalue weighted by molar-refractivity contribution is 5.39. The van der Waals surface area contributed by atoms with E-state index in [0.29, 0.717) is 6.61 Å². The Bertz CT molecular complexity index is 491. The van der Waals surface area contributed by atoms with Crippen molar-refractivity contribution in [3.63, 3.8) is 0 Å². The average molecular weight is 256 g/mol. The number of para-hydroxylation sites is 1. The summed E-state index contributed by atoms with van der Waals surface area (Å²) >= 11 is 0. The van der Waals surface area contributed by atoms with Crippen LogP contribution in [0.1, 0.15) is 16.7 Å². The highest BCUT2D eigenvalue weighted by Crippen LogP contribution is 2.21. The number of aromatic nitrogens is 1. The zero-order valence-electron chi connectivity index (χ0n) is 11.5. The number of pyridine rings is 1. The van der Waals surface area contributed by atoms with Crippen LogP contribution in [0.2, 0.25) is 0 Å². The van der Waals surface area contributed by atoms with E-state index in [9.17, 15) is 0 Å². The molecule has 3 nitrogen and oxygen atoms in total. The molecule has 0 aliphatic carbocycles. The third-order valence-electron chi connectivity index (χ3n) is 3.01. The summed E-state index contributed by atoms with van der Waals surface area (Å²) in [6.07, 6.45) is 3.62. The summed E-state index contributed by atoms with van der Waals surface area (Å²) < 4.78 is 5.83. The van der Waals surface area contributed by atoms with Crippen LogP contribution in [0, 0.1) is 13.8 Å². The molecule has 1 aromatic carbocycles. The molecule has 0 radical (unpaired) electrons. The fraction of sp³-hybridized carbons (Fsp3) is 0.312. The highest BCUT2D eigenvalue weighted by Gasteiger charge is 2.02. The SMILES string of the molecule is Cc1cccc(C)c1OCCNCc1ccncc1. The molecule has 0 amide bonds. The van der Waals surface area contributed by atoms with Crippen LogP contribution in [0.4, 0.5) is 0 Å². The first-order chi connectivity index (χ1) is 9.27. The van der Waals surface area contributed by atoms with Gasteiger partial charge in [0.05, 0.1) is 0 Å². The standard InChI is InChI=1S/C16H20N2O/c1-13-4-3-5-14(2)16(13)19-11-10-18-12-15-6-8-17-9-7-15/h3-9,18H,10-12H2,1-2H3. The van der Waals surface area contributed by atoms with Gasteiger partial charge in [-0.1, -0.05) is 18.2 Å². The van der Waals surface area contributed by atoms with E-state index in [2.05, 4.69) is 42.3 Å².